The molecule has 0 saturated carbocycles. The second-order valence-electron chi connectivity index (χ2n) is 4.16. The Morgan fingerprint density at radius 3 is 2.75 bits per heavy atom. The van der Waals surface area contributed by atoms with Crippen LogP contribution in [0.15, 0.2) is 28.7 Å². The Bertz CT molecular complexity index is 583. The van der Waals surface area contributed by atoms with Crippen molar-refractivity contribution in [2.75, 3.05) is 19.0 Å². The Balaban J connectivity index is 2.45. The lowest BCUT2D eigenvalue weighted by Crippen LogP contribution is -2.04. The van der Waals surface area contributed by atoms with Crippen molar-refractivity contribution in [3.05, 3.63) is 40.2 Å². The molecular weight excluding hydrogens is 325 g/mol. The zero-order valence-corrected chi connectivity index (χ0v) is 12.9. The molecule has 0 aliphatic heterocycles. The van der Waals surface area contributed by atoms with E-state index in [9.17, 15) is 4.39 Å². The summed E-state index contributed by atoms with van der Waals surface area (Å²) in [6.07, 6.45) is 0. The summed E-state index contributed by atoms with van der Waals surface area (Å²) in [5.41, 5.74) is 1.37. The van der Waals surface area contributed by atoms with Crippen LogP contribution in [0.4, 0.5) is 10.2 Å². The average molecular weight is 340 g/mol. The Kier molecular flexibility index (Phi) is 5.03. The van der Waals surface area contributed by atoms with Gasteiger partial charge in [-0.05, 0) is 41.1 Å². The Hall–Kier alpha value is -1.53. The van der Waals surface area contributed by atoms with Crippen molar-refractivity contribution in [1.29, 1.82) is 0 Å². The third-order valence-electron chi connectivity index (χ3n) is 2.61. The molecule has 106 valence electrons. The monoisotopic (exact) mass is 339 g/mol. The van der Waals surface area contributed by atoms with E-state index in [0.29, 0.717) is 28.3 Å². The van der Waals surface area contributed by atoms with Gasteiger partial charge < -0.3 is 10.1 Å². The van der Waals surface area contributed by atoms with Crippen molar-refractivity contribution < 1.29 is 9.13 Å². The molecule has 0 unspecified atom stereocenters. The van der Waals surface area contributed by atoms with Gasteiger partial charge in [0.1, 0.15) is 11.6 Å². The summed E-state index contributed by atoms with van der Waals surface area (Å²) in [6.45, 7) is 3.11. The molecule has 0 saturated heterocycles. The van der Waals surface area contributed by atoms with Gasteiger partial charge in [0.25, 0.3) is 0 Å². The van der Waals surface area contributed by atoms with E-state index >= 15 is 0 Å². The fourth-order valence-electron chi connectivity index (χ4n) is 1.76. The smallest absolute Gasteiger partial charge is 0.161 e. The van der Waals surface area contributed by atoms with Gasteiger partial charge in [0.05, 0.1) is 16.8 Å². The van der Waals surface area contributed by atoms with Crippen molar-refractivity contribution in [3.8, 4) is 11.4 Å². The van der Waals surface area contributed by atoms with Crippen molar-refractivity contribution in [3.63, 3.8) is 0 Å². The van der Waals surface area contributed by atoms with Gasteiger partial charge in [-0.2, -0.15) is 0 Å². The van der Waals surface area contributed by atoms with Crippen LogP contribution in [-0.4, -0.2) is 23.6 Å². The van der Waals surface area contributed by atoms with E-state index < -0.39 is 0 Å². The number of halogens is 2. The molecule has 0 bridgehead atoms. The summed E-state index contributed by atoms with van der Waals surface area (Å²) < 4.78 is 19.1. The largest absolute Gasteiger partial charge is 0.378 e. The number of aromatic nitrogens is 2. The molecule has 0 radical (unpaired) electrons. The Morgan fingerprint density at radius 1 is 1.30 bits per heavy atom. The molecule has 2 aromatic rings. The third-order valence-corrected chi connectivity index (χ3v) is 3.25. The van der Waals surface area contributed by atoms with Gasteiger partial charge >= 0.3 is 0 Å². The third kappa shape index (κ3) is 3.52. The van der Waals surface area contributed by atoms with Crippen LogP contribution in [0, 0.1) is 5.82 Å². The molecular formula is C14H15BrFN3O. The van der Waals surface area contributed by atoms with Crippen LogP contribution < -0.4 is 5.32 Å². The van der Waals surface area contributed by atoms with Crippen LogP contribution >= 0.6 is 15.9 Å². The van der Waals surface area contributed by atoms with Gasteiger partial charge in [-0.15, -0.1) is 0 Å². The zero-order chi connectivity index (χ0) is 14.5. The van der Waals surface area contributed by atoms with E-state index in [1.54, 1.807) is 19.2 Å². The predicted octanol–water partition coefficient (Wildman–Crippen LogP) is 3.62. The first-order valence-electron chi connectivity index (χ1n) is 6.20. The van der Waals surface area contributed by atoms with E-state index in [4.69, 9.17) is 4.74 Å². The van der Waals surface area contributed by atoms with Gasteiger partial charge in [-0.3, -0.25) is 0 Å². The molecule has 1 heterocycles. The summed E-state index contributed by atoms with van der Waals surface area (Å²) in [5.74, 6) is 0.836. The zero-order valence-electron chi connectivity index (χ0n) is 11.3. The highest BCUT2D eigenvalue weighted by Gasteiger charge is 2.09. The molecule has 0 atom stereocenters. The number of ether oxygens (including phenoxy) is 1. The van der Waals surface area contributed by atoms with E-state index in [0.717, 1.165) is 12.2 Å². The standard InChI is InChI=1S/C14H15BrFN3O/c1-3-17-13-7-10(8-20-2)18-14(19-13)9-4-5-11(15)12(16)6-9/h4-7H,3,8H2,1-2H3,(H,17,18,19). The lowest BCUT2D eigenvalue weighted by Gasteiger charge is -2.09. The van der Waals surface area contributed by atoms with E-state index in [1.165, 1.54) is 6.07 Å². The lowest BCUT2D eigenvalue weighted by molar-refractivity contribution is 0.181. The summed E-state index contributed by atoms with van der Waals surface area (Å²) in [5, 5.41) is 3.13. The van der Waals surface area contributed by atoms with Crippen LogP contribution in [-0.2, 0) is 11.3 Å². The number of nitrogens with zero attached hydrogens (tertiary/aromatic N) is 2. The summed E-state index contributed by atoms with van der Waals surface area (Å²) in [7, 11) is 1.61. The molecule has 0 spiro atoms. The fraction of sp³-hybridized carbons (Fsp3) is 0.286. The molecule has 20 heavy (non-hydrogen) atoms. The summed E-state index contributed by atoms with van der Waals surface area (Å²) in [6, 6.07) is 6.65. The number of methoxy groups -OCH3 is 1. The highest BCUT2D eigenvalue weighted by atomic mass is 79.9. The fourth-order valence-corrected chi connectivity index (χ4v) is 2.00. The first kappa shape index (κ1) is 14.9. The predicted molar refractivity (Wildman–Crippen MR) is 80.0 cm³/mol. The quantitative estimate of drug-likeness (QED) is 0.903. The molecule has 4 nitrogen and oxygen atoms in total. The molecule has 0 fully saturated rings. The van der Waals surface area contributed by atoms with Crippen molar-refractivity contribution in [1.82, 2.24) is 9.97 Å². The Morgan fingerprint density at radius 2 is 2.10 bits per heavy atom. The van der Waals surface area contributed by atoms with Gasteiger partial charge in [-0.1, -0.05) is 0 Å². The molecule has 2 rings (SSSR count). The second kappa shape index (κ2) is 6.76. The first-order chi connectivity index (χ1) is 9.63. The van der Waals surface area contributed by atoms with Gasteiger partial charge in [0, 0.05) is 25.3 Å². The van der Waals surface area contributed by atoms with Crippen LogP contribution in [0.25, 0.3) is 11.4 Å². The highest BCUT2D eigenvalue weighted by molar-refractivity contribution is 9.10. The molecule has 0 aliphatic carbocycles. The summed E-state index contributed by atoms with van der Waals surface area (Å²) in [4.78, 5) is 8.78. The normalized spacial score (nSPS) is 10.6. The number of anilines is 1. The van der Waals surface area contributed by atoms with Gasteiger partial charge in [0.2, 0.25) is 0 Å². The maximum absolute atomic E-state index is 13.6. The molecule has 0 aliphatic rings. The second-order valence-corrected chi connectivity index (χ2v) is 5.01. The molecule has 1 N–H and O–H groups in total. The number of hydrogen-bond donors (Lipinski definition) is 1. The number of hydrogen-bond acceptors (Lipinski definition) is 4. The molecule has 6 heteroatoms. The van der Waals surface area contributed by atoms with Crippen LogP contribution in [0.2, 0.25) is 0 Å². The highest BCUT2D eigenvalue weighted by Crippen LogP contribution is 2.23. The van der Waals surface area contributed by atoms with Crippen molar-refractivity contribution in [2.45, 2.75) is 13.5 Å². The van der Waals surface area contributed by atoms with E-state index in [-0.39, 0.29) is 5.82 Å². The topological polar surface area (TPSA) is 47.0 Å². The molecule has 1 aromatic carbocycles. The van der Waals surface area contributed by atoms with Crippen LogP contribution in [0.1, 0.15) is 12.6 Å². The van der Waals surface area contributed by atoms with Crippen LogP contribution in [0.3, 0.4) is 0 Å². The number of benzene rings is 1. The van der Waals surface area contributed by atoms with Crippen molar-refractivity contribution in [2.24, 2.45) is 0 Å². The Labute approximate surface area is 125 Å². The minimum absolute atomic E-state index is 0.340. The SMILES string of the molecule is CCNc1cc(COC)nc(-c2ccc(Br)c(F)c2)n1. The lowest BCUT2D eigenvalue weighted by atomic mass is 10.2. The van der Waals surface area contributed by atoms with Crippen molar-refractivity contribution >= 4 is 21.7 Å². The van der Waals surface area contributed by atoms with Gasteiger partial charge in [-0.25, -0.2) is 14.4 Å². The maximum atomic E-state index is 13.6. The molecule has 1 aromatic heterocycles. The summed E-state index contributed by atoms with van der Waals surface area (Å²) >= 11 is 3.13. The molecule has 0 amide bonds. The number of rotatable bonds is 5. The average Bonchev–Trinajstić information content (AvgIpc) is 2.42. The first-order valence-corrected chi connectivity index (χ1v) is 6.99. The van der Waals surface area contributed by atoms with Gasteiger partial charge in [0.15, 0.2) is 5.82 Å². The minimum Gasteiger partial charge on any atom is -0.378 e. The maximum Gasteiger partial charge on any atom is 0.161 e. The van der Waals surface area contributed by atoms with Crippen LogP contribution in [0.5, 0.6) is 0 Å². The number of nitrogens with one attached hydrogen (secondary N) is 1. The van der Waals surface area contributed by atoms with E-state index in [1.807, 2.05) is 13.0 Å². The van der Waals surface area contributed by atoms with E-state index in [2.05, 4.69) is 31.2 Å². The minimum atomic E-state index is -0.340.